The minimum Gasteiger partial charge on any atom is -0.497 e. The van der Waals surface area contributed by atoms with Crippen LogP contribution in [0.15, 0.2) is 53.0 Å². The first-order chi connectivity index (χ1) is 11.3. The fraction of sp³-hybridized carbons (Fsp3) is 0.167. The van der Waals surface area contributed by atoms with Crippen molar-refractivity contribution >= 4 is 21.7 Å². The third-order valence-corrected chi connectivity index (χ3v) is 4.79. The maximum absolute atomic E-state index is 5.24. The minimum absolute atomic E-state index is 0.844. The number of benzene rings is 2. The van der Waals surface area contributed by atoms with Crippen LogP contribution in [-0.2, 0) is 6.42 Å². The van der Waals surface area contributed by atoms with E-state index in [1.807, 2.05) is 41.1 Å². The molecule has 3 aromatic rings. The molecule has 1 N–H and O–H groups in total. The van der Waals surface area contributed by atoms with E-state index in [2.05, 4.69) is 33.4 Å². The molecule has 5 heteroatoms. The molecule has 1 aliphatic rings. The molecule has 0 atom stereocenters. The van der Waals surface area contributed by atoms with Crippen molar-refractivity contribution in [2.45, 2.75) is 6.42 Å². The molecule has 1 aromatic heterocycles. The second kappa shape index (κ2) is 5.74. The topological polar surface area (TPSA) is 39.1 Å². The van der Waals surface area contributed by atoms with E-state index < -0.39 is 0 Å². The summed E-state index contributed by atoms with van der Waals surface area (Å²) in [7, 11) is 1.67. The van der Waals surface area contributed by atoms with Crippen molar-refractivity contribution in [2.24, 2.45) is 0 Å². The molecular weight excluding hydrogens is 354 g/mol. The summed E-state index contributed by atoms with van der Waals surface area (Å²) in [5.74, 6) is 1.93. The molecule has 0 aliphatic carbocycles. The number of anilines is 1. The van der Waals surface area contributed by atoms with Gasteiger partial charge in [-0.05, 0) is 36.8 Å². The Labute approximate surface area is 143 Å². The van der Waals surface area contributed by atoms with Crippen LogP contribution in [0.5, 0.6) is 5.75 Å². The first kappa shape index (κ1) is 14.3. The summed E-state index contributed by atoms with van der Waals surface area (Å²) in [4.78, 5) is 0. The van der Waals surface area contributed by atoms with E-state index in [1.54, 1.807) is 7.11 Å². The molecule has 0 saturated heterocycles. The molecule has 0 amide bonds. The van der Waals surface area contributed by atoms with Gasteiger partial charge >= 0.3 is 0 Å². The predicted molar refractivity (Wildman–Crippen MR) is 95.4 cm³/mol. The van der Waals surface area contributed by atoms with Crippen molar-refractivity contribution in [1.82, 2.24) is 9.78 Å². The average molecular weight is 370 g/mol. The second-order valence-corrected chi connectivity index (χ2v) is 6.30. The summed E-state index contributed by atoms with van der Waals surface area (Å²) in [6.07, 6.45) is 0.988. The number of hydrogen-bond donors (Lipinski definition) is 1. The van der Waals surface area contributed by atoms with E-state index in [0.29, 0.717) is 0 Å². The minimum atomic E-state index is 0.844. The van der Waals surface area contributed by atoms with E-state index in [4.69, 9.17) is 9.84 Å². The first-order valence-corrected chi connectivity index (χ1v) is 8.32. The Kier molecular flexibility index (Phi) is 3.58. The number of hydrogen-bond acceptors (Lipinski definition) is 3. The summed E-state index contributed by atoms with van der Waals surface area (Å²) < 4.78 is 8.28. The number of halogens is 1. The smallest absolute Gasteiger partial charge is 0.133 e. The number of methoxy groups -OCH3 is 1. The number of rotatable bonds is 3. The van der Waals surface area contributed by atoms with E-state index in [-0.39, 0.29) is 0 Å². The quantitative estimate of drug-likeness (QED) is 0.748. The van der Waals surface area contributed by atoms with Crippen molar-refractivity contribution in [3.05, 3.63) is 58.6 Å². The lowest BCUT2D eigenvalue weighted by Gasteiger charge is -2.07. The maximum atomic E-state index is 5.24. The van der Waals surface area contributed by atoms with Crippen LogP contribution in [0.3, 0.4) is 0 Å². The molecule has 0 saturated carbocycles. The molecule has 2 aromatic carbocycles. The number of aromatic nitrogens is 2. The average Bonchev–Trinajstić information content (AvgIpc) is 3.18. The molecule has 0 bridgehead atoms. The lowest BCUT2D eigenvalue weighted by Crippen LogP contribution is -2.04. The van der Waals surface area contributed by atoms with Gasteiger partial charge in [-0.1, -0.05) is 34.1 Å². The molecule has 0 fully saturated rings. The van der Waals surface area contributed by atoms with Crippen LogP contribution in [0, 0.1) is 0 Å². The number of ether oxygens (including phenoxy) is 1. The summed E-state index contributed by atoms with van der Waals surface area (Å²) >= 11 is 3.64. The van der Waals surface area contributed by atoms with Crippen molar-refractivity contribution in [3.8, 4) is 22.7 Å². The van der Waals surface area contributed by atoms with Gasteiger partial charge in [0.05, 0.1) is 18.5 Å². The third-order valence-electron chi connectivity index (χ3n) is 4.10. The lowest BCUT2D eigenvalue weighted by molar-refractivity contribution is 0.414. The van der Waals surface area contributed by atoms with E-state index in [1.165, 1.54) is 5.56 Å². The van der Waals surface area contributed by atoms with Gasteiger partial charge in [0.15, 0.2) is 0 Å². The molecule has 0 unspecified atom stereocenters. The SMILES string of the molecule is COc1ccc(-n2nc(-c3ccccc3Br)c3c2NCC3)cc1. The van der Waals surface area contributed by atoms with Gasteiger partial charge in [-0.25, -0.2) is 4.68 Å². The van der Waals surface area contributed by atoms with E-state index in [9.17, 15) is 0 Å². The zero-order valence-electron chi connectivity index (χ0n) is 12.7. The summed E-state index contributed by atoms with van der Waals surface area (Å²) in [6.45, 7) is 0.945. The third kappa shape index (κ3) is 2.41. The molecule has 2 heterocycles. The zero-order valence-corrected chi connectivity index (χ0v) is 14.3. The van der Waals surface area contributed by atoms with Crippen molar-refractivity contribution < 1.29 is 4.74 Å². The highest BCUT2D eigenvalue weighted by molar-refractivity contribution is 9.10. The van der Waals surface area contributed by atoms with E-state index in [0.717, 1.165) is 46.0 Å². The van der Waals surface area contributed by atoms with Crippen LogP contribution < -0.4 is 10.1 Å². The largest absolute Gasteiger partial charge is 0.497 e. The normalized spacial score (nSPS) is 12.8. The number of nitrogens with zero attached hydrogens (tertiary/aromatic N) is 2. The van der Waals surface area contributed by atoms with Gasteiger partial charge in [0, 0.05) is 22.1 Å². The monoisotopic (exact) mass is 369 g/mol. The summed E-state index contributed by atoms with van der Waals surface area (Å²) in [6, 6.07) is 16.2. The molecule has 4 nitrogen and oxygen atoms in total. The van der Waals surface area contributed by atoms with Gasteiger partial charge in [0.1, 0.15) is 11.6 Å². The highest BCUT2D eigenvalue weighted by Gasteiger charge is 2.24. The Hall–Kier alpha value is -2.27. The fourth-order valence-corrected chi connectivity index (χ4v) is 3.43. The summed E-state index contributed by atoms with van der Waals surface area (Å²) in [5.41, 5.74) is 4.45. The van der Waals surface area contributed by atoms with Crippen molar-refractivity contribution in [1.29, 1.82) is 0 Å². The summed E-state index contributed by atoms with van der Waals surface area (Å²) in [5, 5.41) is 8.33. The Morgan fingerprint density at radius 2 is 1.91 bits per heavy atom. The molecular formula is C18H16BrN3O. The molecule has 4 rings (SSSR count). The standard InChI is InChI=1S/C18H16BrN3O/c1-23-13-8-6-12(7-9-13)22-18-15(10-11-20-18)17(21-22)14-4-2-3-5-16(14)19/h2-9,20H,10-11H2,1H3. The van der Waals surface area contributed by atoms with Crippen LogP contribution in [0.2, 0.25) is 0 Å². The Bertz CT molecular complexity index is 855. The van der Waals surface area contributed by atoms with Crippen LogP contribution in [-0.4, -0.2) is 23.4 Å². The fourth-order valence-electron chi connectivity index (χ4n) is 2.95. The van der Waals surface area contributed by atoms with Gasteiger partial charge in [-0.2, -0.15) is 5.10 Å². The Balaban J connectivity index is 1.86. The Morgan fingerprint density at radius 3 is 2.65 bits per heavy atom. The lowest BCUT2D eigenvalue weighted by atomic mass is 10.1. The van der Waals surface area contributed by atoms with E-state index >= 15 is 0 Å². The van der Waals surface area contributed by atoms with Crippen LogP contribution in [0.4, 0.5) is 5.82 Å². The van der Waals surface area contributed by atoms with Crippen molar-refractivity contribution in [2.75, 3.05) is 19.0 Å². The molecule has 0 radical (unpaired) electrons. The highest BCUT2D eigenvalue weighted by atomic mass is 79.9. The first-order valence-electron chi connectivity index (χ1n) is 7.53. The molecule has 0 spiro atoms. The van der Waals surface area contributed by atoms with Gasteiger partial charge in [-0.3, -0.25) is 0 Å². The molecule has 1 aliphatic heterocycles. The second-order valence-electron chi connectivity index (χ2n) is 5.44. The maximum Gasteiger partial charge on any atom is 0.133 e. The number of fused-ring (bicyclic) bond motifs is 1. The number of nitrogens with one attached hydrogen (secondary N) is 1. The van der Waals surface area contributed by atoms with Crippen LogP contribution >= 0.6 is 15.9 Å². The van der Waals surface area contributed by atoms with Gasteiger partial charge in [-0.15, -0.1) is 0 Å². The molecule has 116 valence electrons. The molecule has 23 heavy (non-hydrogen) atoms. The predicted octanol–water partition coefficient (Wildman–Crippen LogP) is 4.28. The van der Waals surface area contributed by atoms with Gasteiger partial charge in [0.25, 0.3) is 0 Å². The van der Waals surface area contributed by atoms with Crippen molar-refractivity contribution in [3.63, 3.8) is 0 Å². The van der Waals surface area contributed by atoms with Crippen LogP contribution in [0.1, 0.15) is 5.56 Å². The van der Waals surface area contributed by atoms with Gasteiger partial charge < -0.3 is 10.1 Å². The Morgan fingerprint density at radius 1 is 1.13 bits per heavy atom. The highest BCUT2D eigenvalue weighted by Crippen LogP contribution is 2.37. The van der Waals surface area contributed by atoms with Gasteiger partial charge in [0.2, 0.25) is 0 Å². The zero-order chi connectivity index (χ0) is 15.8. The van der Waals surface area contributed by atoms with Crippen LogP contribution in [0.25, 0.3) is 16.9 Å².